The molecule has 1 aromatic rings. The number of rotatable bonds is 5. The first kappa shape index (κ1) is 17.2. The molecule has 21 heavy (non-hydrogen) atoms. The van der Waals surface area contributed by atoms with Crippen molar-refractivity contribution in [2.45, 2.75) is 40.0 Å². The lowest BCUT2D eigenvalue weighted by molar-refractivity contribution is -0.131. The summed E-state index contributed by atoms with van der Waals surface area (Å²) < 4.78 is 2.55. The van der Waals surface area contributed by atoms with Gasteiger partial charge in [-0.3, -0.25) is 14.2 Å². The van der Waals surface area contributed by atoms with E-state index < -0.39 is 0 Å². The average Bonchev–Trinajstić information content (AvgIpc) is 2.44. The summed E-state index contributed by atoms with van der Waals surface area (Å²) in [6, 6.07) is 0. The van der Waals surface area contributed by atoms with Gasteiger partial charge in [0.2, 0.25) is 5.91 Å². The first-order valence-electron chi connectivity index (χ1n) is 7.30. The fraction of sp³-hybridized carbons (Fsp3) is 0.667. The molecule has 1 amide bonds. The topological polar surface area (TPSA) is 64.3 Å². The van der Waals surface area contributed by atoms with Gasteiger partial charge >= 0.3 is 5.69 Å². The number of hydrogen-bond acceptors (Lipinski definition) is 3. The third-order valence-corrected chi connectivity index (χ3v) is 4.09. The van der Waals surface area contributed by atoms with Crippen molar-refractivity contribution in [3.63, 3.8) is 0 Å². The van der Waals surface area contributed by atoms with E-state index in [1.54, 1.807) is 18.9 Å². The van der Waals surface area contributed by atoms with Crippen LogP contribution in [0, 0.1) is 6.92 Å². The quantitative estimate of drug-likeness (QED) is 0.805. The van der Waals surface area contributed by atoms with Crippen LogP contribution in [0.4, 0.5) is 0 Å². The predicted molar refractivity (Wildman–Crippen MR) is 82.6 cm³/mol. The van der Waals surface area contributed by atoms with Crippen molar-refractivity contribution in [2.24, 2.45) is 14.1 Å². The Labute approximate surface area is 125 Å². The van der Waals surface area contributed by atoms with E-state index in [1.807, 2.05) is 20.8 Å². The molecule has 1 atom stereocenters. The lowest BCUT2D eigenvalue weighted by Gasteiger charge is -2.22. The number of carbonyl (C=O) groups excluding carboxylic acids is 1. The van der Waals surface area contributed by atoms with E-state index >= 15 is 0 Å². The second-order valence-corrected chi connectivity index (χ2v) is 5.38. The third-order valence-electron chi connectivity index (χ3n) is 4.09. The molecular formula is C15H25N3O3. The molecule has 0 spiro atoms. The highest BCUT2D eigenvalue weighted by Crippen LogP contribution is 2.19. The fourth-order valence-corrected chi connectivity index (χ4v) is 2.61. The van der Waals surface area contributed by atoms with Crippen LogP contribution in [0.1, 0.15) is 44.4 Å². The van der Waals surface area contributed by atoms with Gasteiger partial charge in [0, 0.05) is 44.9 Å². The summed E-state index contributed by atoms with van der Waals surface area (Å²) >= 11 is 0. The molecule has 0 saturated carbocycles. The molecule has 0 saturated heterocycles. The lowest BCUT2D eigenvalue weighted by atomic mass is 9.96. The first-order valence-corrected chi connectivity index (χ1v) is 7.30. The van der Waals surface area contributed by atoms with Crippen molar-refractivity contribution < 1.29 is 4.79 Å². The molecule has 1 aromatic heterocycles. The van der Waals surface area contributed by atoms with Crippen LogP contribution in [0.2, 0.25) is 0 Å². The van der Waals surface area contributed by atoms with Crippen LogP contribution >= 0.6 is 0 Å². The first-order chi connectivity index (χ1) is 9.76. The minimum atomic E-state index is -0.344. The highest BCUT2D eigenvalue weighted by molar-refractivity contribution is 5.77. The van der Waals surface area contributed by atoms with Crippen molar-refractivity contribution in [3.05, 3.63) is 32.1 Å². The molecule has 1 heterocycles. The van der Waals surface area contributed by atoms with Gasteiger partial charge in [-0.05, 0) is 26.7 Å². The minimum absolute atomic E-state index is 0.0304. The Morgan fingerprint density at radius 1 is 1.14 bits per heavy atom. The van der Waals surface area contributed by atoms with Crippen molar-refractivity contribution in [1.82, 2.24) is 14.0 Å². The third kappa shape index (κ3) is 3.25. The van der Waals surface area contributed by atoms with E-state index in [4.69, 9.17) is 0 Å². The summed E-state index contributed by atoms with van der Waals surface area (Å²) in [5, 5.41) is 0. The minimum Gasteiger partial charge on any atom is -0.343 e. The molecule has 118 valence electrons. The molecule has 0 aliphatic rings. The van der Waals surface area contributed by atoms with Gasteiger partial charge in [-0.1, -0.05) is 6.92 Å². The number of hydrogen-bond donors (Lipinski definition) is 0. The predicted octanol–water partition coefficient (Wildman–Crippen LogP) is 0.754. The van der Waals surface area contributed by atoms with Crippen LogP contribution in [0.15, 0.2) is 9.59 Å². The number of carbonyl (C=O) groups is 1. The second kappa shape index (κ2) is 6.74. The highest BCUT2D eigenvalue weighted by atomic mass is 16.2. The number of aromatic nitrogens is 2. The van der Waals surface area contributed by atoms with Gasteiger partial charge in [0.25, 0.3) is 5.56 Å². The van der Waals surface area contributed by atoms with Crippen LogP contribution in [0.3, 0.4) is 0 Å². The normalized spacial score (nSPS) is 12.3. The molecule has 0 fully saturated rings. The number of amides is 1. The lowest BCUT2D eigenvalue weighted by Crippen LogP contribution is -2.41. The summed E-state index contributed by atoms with van der Waals surface area (Å²) in [5.74, 6) is -0.189. The Bertz CT molecular complexity index is 639. The van der Waals surface area contributed by atoms with E-state index in [-0.39, 0.29) is 29.5 Å². The second-order valence-electron chi connectivity index (χ2n) is 5.38. The fourth-order valence-electron chi connectivity index (χ4n) is 2.61. The van der Waals surface area contributed by atoms with Crippen LogP contribution < -0.4 is 11.2 Å². The van der Waals surface area contributed by atoms with Crippen molar-refractivity contribution in [1.29, 1.82) is 0 Å². The van der Waals surface area contributed by atoms with Gasteiger partial charge in [0.05, 0.1) is 0 Å². The molecule has 0 unspecified atom stereocenters. The summed E-state index contributed by atoms with van der Waals surface area (Å²) in [6.45, 7) is 8.79. The van der Waals surface area contributed by atoms with Gasteiger partial charge in [0.1, 0.15) is 0 Å². The highest BCUT2D eigenvalue weighted by Gasteiger charge is 2.22. The van der Waals surface area contributed by atoms with Gasteiger partial charge < -0.3 is 9.47 Å². The van der Waals surface area contributed by atoms with Crippen LogP contribution in [-0.4, -0.2) is 33.0 Å². The maximum Gasteiger partial charge on any atom is 0.330 e. The van der Waals surface area contributed by atoms with Gasteiger partial charge in [-0.15, -0.1) is 0 Å². The van der Waals surface area contributed by atoms with Gasteiger partial charge in [-0.25, -0.2) is 4.79 Å². The smallest absolute Gasteiger partial charge is 0.330 e. The van der Waals surface area contributed by atoms with E-state index in [2.05, 4.69) is 0 Å². The summed E-state index contributed by atoms with van der Waals surface area (Å²) in [7, 11) is 3.10. The van der Waals surface area contributed by atoms with Crippen LogP contribution in [0.5, 0.6) is 0 Å². The molecule has 6 nitrogen and oxygen atoms in total. The molecule has 0 radical (unpaired) electrons. The maximum atomic E-state index is 12.3. The Morgan fingerprint density at radius 2 is 1.67 bits per heavy atom. The molecule has 0 bridgehead atoms. The SMILES string of the molecule is CCN(CC)C(=O)C[C@H](C)c1c(C)n(C)c(=O)n(C)c1=O. The zero-order chi connectivity index (χ0) is 16.3. The summed E-state index contributed by atoms with van der Waals surface area (Å²) in [5.41, 5.74) is 0.516. The largest absolute Gasteiger partial charge is 0.343 e. The molecule has 6 heteroatoms. The van der Waals surface area contributed by atoms with Crippen molar-refractivity contribution >= 4 is 5.91 Å². The monoisotopic (exact) mass is 295 g/mol. The van der Waals surface area contributed by atoms with Crippen LogP contribution in [-0.2, 0) is 18.9 Å². The van der Waals surface area contributed by atoms with E-state index in [9.17, 15) is 14.4 Å². The molecule has 0 aromatic carbocycles. The number of nitrogens with zero attached hydrogens (tertiary/aromatic N) is 3. The zero-order valence-corrected chi connectivity index (χ0v) is 13.8. The Kier molecular flexibility index (Phi) is 5.52. The van der Waals surface area contributed by atoms with Gasteiger partial charge in [0.15, 0.2) is 0 Å². The maximum absolute atomic E-state index is 12.3. The van der Waals surface area contributed by atoms with Gasteiger partial charge in [-0.2, -0.15) is 0 Å². The molecule has 1 rings (SSSR count). The van der Waals surface area contributed by atoms with E-state index in [0.717, 1.165) is 4.57 Å². The average molecular weight is 295 g/mol. The summed E-state index contributed by atoms with van der Waals surface area (Å²) in [4.78, 5) is 38.1. The molecule has 0 aliphatic carbocycles. The van der Waals surface area contributed by atoms with Crippen molar-refractivity contribution in [2.75, 3.05) is 13.1 Å². The van der Waals surface area contributed by atoms with Crippen molar-refractivity contribution in [3.8, 4) is 0 Å². The molecule has 0 N–H and O–H groups in total. The van der Waals surface area contributed by atoms with Crippen LogP contribution in [0.25, 0.3) is 0 Å². The standard InChI is InChI=1S/C15H25N3O3/c1-7-18(8-2)12(19)9-10(3)13-11(4)16(5)15(21)17(6)14(13)20/h10H,7-9H2,1-6H3/t10-/m0/s1. The molecule has 0 aliphatic heterocycles. The zero-order valence-electron chi connectivity index (χ0n) is 13.8. The van der Waals surface area contributed by atoms with E-state index in [1.165, 1.54) is 11.6 Å². The Hall–Kier alpha value is -1.85. The Morgan fingerprint density at radius 3 is 2.14 bits per heavy atom. The van der Waals surface area contributed by atoms with E-state index in [0.29, 0.717) is 24.3 Å². The Balaban J connectivity index is 3.21. The molecular weight excluding hydrogens is 270 g/mol. The summed E-state index contributed by atoms with van der Waals surface area (Å²) in [6.07, 6.45) is 0.274.